The quantitative estimate of drug-likeness (QED) is 0.425. The van der Waals surface area contributed by atoms with Crippen LogP contribution in [0.25, 0.3) is 0 Å². The van der Waals surface area contributed by atoms with Crippen LogP contribution >= 0.6 is 0 Å². The number of carbonyl (C=O) groups is 1. The normalized spacial score (nSPS) is 15.3. The minimum Gasteiger partial charge on any atom is -0.331 e. The fourth-order valence-corrected chi connectivity index (χ4v) is 4.69. The summed E-state index contributed by atoms with van der Waals surface area (Å²) in [4.78, 5) is 18.0. The van der Waals surface area contributed by atoms with Crippen molar-refractivity contribution in [3.8, 4) is 0 Å². The van der Waals surface area contributed by atoms with Crippen LogP contribution in [-0.2, 0) is 18.5 Å². The Bertz CT molecular complexity index is 1080. The Kier molecular flexibility index (Phi) is 7.47. The summed E-state index contributed by atoms with van der Waals surface area (Å²) >= 11 is 0. The highest BCUT2D eigenvalue weighted by atomic mass is 19.1. The molecule has 1 aliphatic rings. The number of hydrogen-bond donors (Lipinski definition) is 0. The Hall–Kier alpha value is -2.98. The average molecular weight is 459 g/mol. The van der Waals surface area contributed by atoms with Gasteiger partial charge in [-0.3, -0.25) is 9.69 Å². The molecule has 0 N–H and O–H groups in total. The molecular weight excluding hydrogens is 423 g/mol. The molecule has 0 aromatic heterocycles. The standard InChI is InChI=1S/C30H35FN2O/c1-30(2,3)26-14-12-24(13-15-26)22-33(29(34)25-10-7-11-27(31)20-25)28-16-18-32(19-17-28)21-23-8-5-4-6-9-23/h4-15,20,28H,16-19,21-22H2,1-3H3. The van der Waals surface area contributed by atoms with Crippen LogP contribution in [0, 0.1) is 5.82 Å². The first-order valence-electron chi connectivity index (χ1n) is 12.2. The molecule has 1 fully saturated rings. The van der Waals surface area contributed by atoms with Crippen LogP contribution < -0.4 is 0 Å². The van der Waals surface area contributed by atoms with Gasteiger partial charge in [0.15, 0.2) is 0 Å². The Morgan fingerprint density at radius 1 is 0.912 bits per heavy atom. The number of amides is 1. The first-order chi connectivity index (χ1) is 16.3. The van der Waals surface area contributed by atoms with Gasteiger partial charge in [0.05, 0.1) is 0 Å². The molecule has 0 unspecified atom stereocenters. The molecule has 1 heterocycles. The second-order valence-corrected chi connectivity index (χ2v) is 10.4. The summed E-state index contributed by atoms with van der Waals surface area (Å²) < 4.78 is 13.9. The molecule has 0 bridgehead atoms. The molecule has 4 rings (SSSR count). The van der Waals surface area contributed by atoms with Gasteiger partial charge in [0.25, 0.3) is 5.91 Å². The fourth-order valence-electron chi connectivity index (χ4n) is 4.69. The Morgan fingerprint density at radius 3 is 2.21 bits per heavy atom. The monoisotopic (exact) mass is 458 g/mol. The van der Waals surface area contributed by atoms with Crippen LogP contribution in [0.1, 0.15) is 60.7 Å². The zero-order valence-electron chi connectivity index (χ0n) is 20.5. The van der Waals surface area contributed by atoms with E-state index in [1.807, 2.05) is 11.0 Å². The molecule has 0 aliphatic carbocycles. The molecule has 1 amide bonds. The molecule has 0 saturated carbocycles. The second-order valence-electron chi connectivity index (χ2n) is 10.4. The highest BCUT2D eigenvalue weighted by Crippen LogP contribution is 2.25. The summed E-state index contributed by atoms with van der Waals surface area (Å²) in [5.74, 6) is -0.473. The third-order valence-corrected chi connectivity index (χ3v) is 6.75. The van der Waals surface area contributed by atoms with Crippen LogP contribution in [0.2, 0.25) is 0 Å². The molecule has 34 heavy (non-hydrogen) atoms. The lowest BCUT2D eigenvalue weighted by Gasteiger charge is -2.39. The van der Waals surface area contributed by atoms with Gasteiger partial charge in [0.1, 0.15) is 5.82 Å². The van der Waals surface area contributed by atoms with E-state index >= 15 is 0 Å². The lowest BCUT2D eigenvalue weighted by atomic mass is 9.86. The maximum atomic E-state index is 13.9. The highest BCUT2D eigenvalue weighted by Gasteiger charge is 2.29. The zero-order valence-corrected chi connectivity index (χ0v) is 20.5. The Balaban J connectivity index is 1.50. The van der Waals surface area contributed by atoms with Crippen molar-refractivity contribution in [3.63, 3.8) is 0 Å². The molecule has 3 aromatic rings. The van der Waals surface area contributed by atoms with Gasteiger partial charge >= 0.3 is 0 Å². The molecule has 0 atom stereocenters. The van der Waals surface area contributed by atoms with Crippen molar-refractivity contribution in [2.45, 2.75) is 58.2 Å². The Morgan fingerprint density at radius 2 is 1.59 bits per heavy atom. The van der Waals surface area contributed by atoms with E-state index in [1.165, 1.54) is 23.3 Å². The van der Waals surface area contributed by atoms with Crippen molar-refractivity contribution in [2.75, 3.05) is 13.1 Å². The number of nitrogens with zero attached hydrogens (tertiary/aromatic N) is 2. The molecule has 0 spiro atoms. The molecule has 0 radical (unpaired) electrons. The van der Waals surface area contributed by atoms with Crippen LogP contribution in [0.15, 0.2) is 78.9 Å². The van der Waals surface area contributed by atoms with E-state index in [2.05, 4.69) is 74.2 Å². The second kappa shape index (κ2) is 10.5. The summed E-state index contributed by atoms with van der Waals surface area (Å²) in [6.07, 6.45) is 1.82. The van der Waals surface area contributed by atoms with E-state index < -0.39 is 0 Å². The van der Waals surface area contributed by atoms with E-state index in [0.717, 1.165) is 38.0 Å². The first kappa shape index (κ1) is 24.2. The van der Waals surface area contributed by atoms with E-state index in [9.17, 15) is 9.18 Å². The van der Waals surface area contributed by atoms with Crippen molar-refractivity contribution in [2.24, 2.45) is 0 Å². The number of likely N-dealkylation sites (tertiary alicyclic amines) is 1. The van der Waals surface area contributed by atoms with Gasteiger partial charge in [-0.2, -0.15) is 0 Å². The molecule has 1 saturated heterocycles. The smallest absolute Gasteiger partial charge is 0.254 e. The van der Waals surface area contributed by atoms with Gasteiger partial charge in [-0.25, -0.2) is 4.39 Å². The van der Waals surface area contributed by atoms with Gasteiger partial charge in [0, 0.05) is 37.8 Å². The maximum absolute atomic E-state index is 13.9. The van der Waals surface area contributed by atoms with Crippen LogP contribution in [0.4, 0.5) is 4.39 Å². The van der Waals surface area contributed by atoms with Crippen LogP contribution in [0.5, 0.6) is 0 Å². The van der Waals surface area contributed by atoms with Crippen LogP contribution in [0.3, 0.4) is 0 Å². The molecule has 3 nitrogen and oxygen atoms in total. The minimum atomic E-state index is -0.377. The predicted molar refractivity (Wildman–Crippen MR) is 136 cm³/mol. The fraction of sp³-hybridized carbons (Fsp3) is 0.367. The van der Waals surface area contributed by atoms with Crippen molar-refractivity contribution >= 4 is 5.91 Å². The van der Waals surface area contributed by atoms with E-state index in [4.69, 9.17) is 0 Å². The van der Waals surface area contributed by atoms with Gasteiger partial charge in [0.2, 0.25) is 0 Å². The van der Waals surface area contributed by atoms with E-state index in [0.29, 0.717) is 12.1 Å². The summed E-state index contributed by atoms with van der Waals surface area (Å²) in [7, 11) is 0. The number of halogens is 1. The maximum Gasteiger partial charge on any atom is 0.254 e. The number of benzene rings is 3. The largest absolute Gasteiger partial charge is 0.331 e. The van der Waals surface area contributed by atoms with E-state index in [-0.39, 0.29) is 23.2 Å². The van der Waals surface area contributed by atoms with Crippen molar-refractivity contribution in [1.29, 1.82) is 0 Å². The summed E-state index contributed by atoms with van der Waals surface area (Å²) in [5, 5.41) is 0. The molecule has 3 aromatic carbocycles. The number of hydrogen-bond acceptors (Lipinski definition) is 2. The lowest BCUT2D eigenvalue weighted by molar-refractivity contribution is 0.0542. The highest BCUT2D eigenvalue weighted by molar-refractivity contribution is 5.94. The first-order valence-corrected chi connectivity index (χ1v) is 12.2. The molecule has 178 valence electrons. The van der Waals surface area contributed by atoms with E-state index in [1.54, 1.807) is 12.1 Å². The van der Waals surface area contributed by atoms with Gasteiger partial charge < -0.3 is 4.90 Å². The third kappa shape index (κ3) is 6.12. The molecule has 1 aliphatic heterocycles. The summed E-state index contributed by atoms with van der Waals surface area (Å²) in [6, 6.07) is 25.3. The SMILES string of the molecule is CC(C)(C)c1ccc(CN(C(=O)c2cccc(F)c2)C2CCN(Cc3ccccc3)CC2)cc1. The van der Waals surface area contributed by atoms with Gasteiger partial charge in [-0.15, -0.1) is 0 Å². The summed E-state index contributed by atoms with van der Waals surface area (Å²) in [6.45, 7) is 9.94. The molecular formula is C30H35FN2O. The van der Waals surface area contributed by atoms with Gasteiger partial charge in [-0.05, 0) is 53.1 Å². The third-order valence-electron chi connectivity index (χ3n) is 6.75. The van der Waals surface area contributed by atoms with Gasteiger partial charge in [-0.1, -0.05) is 81.4 Å². The van der Waals surface area contributed by atoms with Crippen molar-refractivity contribution < 1.29 is 9.18 Å². The Labute approximate surface area is 203 Å². The molecule has 4 heteroatoms. The van der Waals surface area contributed by atoms with Crippen molar-refractivity contribution in [1.82, 2.24) is 9.80 Å². The average Bonchev–Trinajstić information content (AvgIpc) is 2.83. The lowest BCUT2D eigenvalue weighted by Crippen LogP contribution is -2.46. The zero-order chi connectivity index (χ0) is 24.1. The minimum absolute atomic E-state index is 0.0845. The number of carbonyl (C=O) groups excluding carboxylic acids is 1. The number of piperidine rings is 1. The van der Waals surface area contributed by atoms with Crippen molar-refractivity contribution in [3.05, 3.63) is 107 Å². The predicted octanol–water partition coefficient (Wildman–Crippen LogP) is 6.43. The topological polar surface area (TPSA) is 23.6 Å². The number of rotatable bonds is 6. The van der Waals surface area contributed by atoms with Crippen LogP contribution in [-0.4, -0.2) is 34.8 Å². The summed E-state index contributed by atoms with van der Waals surface area (Å²) in [5.41, 5.74) is 4.19.